The first-order valence-electron chi connectivity index (χ1n) is 9.78. The van der Waals surface area contributed by atoms with Crippen molar-refractivity contribution < 1.29 is 9.90 Å². The molecule has 0 rings (SSSR count). The number of hydrogen-bond donors (Lipinski definition) is 1. The van der Waals surface area contributed by atoms with Gasteiger partial charge in [-0.1, -0.05) is 97.8 Å². The molecule has 0 aliphatic carbocycles. The van der Waals surface area contributed by atoms with E-state index in [4.69, 9.17) is 5.11 Å². The first kappa shape index (κ1) is 21.5. The van der Waals surface area contributed by atoms with Crippen LogP contribution in [-0.4, -0.2) is 11.1 Å². The van der Waals surface area contributed by atoms with Crippen molar-refractivity contribution in [3.8, 4) is 0 Å². The Kier molecular flexibility index (Phi) is 15.0. The van der Waals surface area contributed by atoms with Crippen LogP contribution in [0.5, 0.6) is 0 Å². The summed E-state index contributed by atoms with van der Waals surface area (Å²) < 4.78 is 0. The average Bonchev–Trinajstić information content (AvgIpc) is 2.50. The zero-order chi connectivity index (χ0) is 16.6. The highest BCUT2D eigenvalue weighted by molar-refractivity contribution is 5.66. The summed E-state index contributed by atoms with van der Waals surface area (Å²) in [6.07, 6.45) is 17.5. The SMILES string of the molecule is CCC(C)CCCCCCCCCCCC(C)CCC(=O)O. The highest BCUT2D eigenvalue weighted by Gasteiger charge is 2.05. The largest absolute Gasteiger partial charge is 0.481 e. The molecular weight excluding hydrogens is 272 g/mol. The summed E-state index contributed by atoms with van der Waals surface area (Å²) in [5.41, 5.74) is 0. The van der Waals surface area contributed by atoms with E-state index in [0.717, 1.165) is 12.3 Å². The molecule has 0 aromatic heterocycles. The highest BCUT2D eigenvalue weighted by Crippen LogP contribution is 2.17. The zero-order valence-corrected chi connectivity index (χ0v) is 15.4. The molecule has 0 aliphatic rings. The molecule has 1 N–H and O–H groups in total. The van der Waals surface area contributed by atoms with E-state index in [1.165, 1.54) is 77.0 Å². The number of hydrogen-bond acceptors (Lipinski definition) is 1. The smallest absolute Gasteiger partial charge is 0.303 e. The standard InChI is InChI=1S/C20H40O2/c1-4-18(2)14-12-10-8-6-5-7-9-11-13-15-19(3)16-17-20(21)22/h18-19H,4-17H2,1-3H3,(H,21,22). The minimum atomic E-state index is -0.656. The Morgan fingerprint density at radius 2 is 1.14 bits per heavy atom. The second kappa shape index (κ2) is 15.4. The van der Waals surface area contributed by atoms with Gasteiger partial charge in [0.2, 0.25) is 0 Å². The normalized spacial score (nSPS) is 14.0. The Bertz CT molecular complexity index is 250. The van der Waals surface area contributed by atoms with E-state index in [2.05, 4.69) is 20.8 Å². The summed E-state index contributed by atoms with van der Waals surface area (Å²) in [5.74, 6) is 0.829. The van der Waals surface area contributed by atoms with Gasteiger partial charge in [-0.15, -0.1) is 0 Å². The van der Waals surface area contributed by atoms with Crippen LogP contribution in [0.25, 0.3) is 0 Å². The lowest BCUT2D eigenvalue weighted by atomic mass is 9.97. The predicted octanol–water partition coefficient (Wildman–Crippen LogP) is 6.82. The molecule has 0 radical (unpaired) electrons. The van der Waals surface area contributed by atoms with Crippen molar-refractivity contribution in [2.45, 2.75) is 111 Å². The lowest BCUT2D eigenvalue weighted by molar-refractivity contribution is -0.137. The molecule has 0 aliphatic heterocycles. The van der Waals surface area contributed by atoms with Crippen molar-refractivity contribution in [3.63, 3.8) is 0 Å². The van der Waals surface area contributed by atoms with Crippen LogP contribution in [0.2, 0.25) is 0 Å². The number of unbranched alkanes of at least 4 members (excludes halogenated alkanes) is 8. The molecule has 2 heteroatoms. The van der Waals surface area contributed by atoms with Crippen LogP contribution in [0.15, 0.2) is 0 Å². The fraction of sp³-hybridized carbons (Fsp3) is 0.950. The van der Waals surface area contributed by atoms with Crippen molar-refractivity contribution in [1.29, 1.82) is 0 Å². The van der Waals surface area contributed by atoms with Crippen LogP contribution in [-0.2, 0) is 4.79 Å². The van der Waals surface area contributed by atoms with E-state index in [1.54, 1.807) is 0 Å². The van der Waals surface area contributed by atoms with E-state index in [-0.39, 0.29) is 0 Å². The van der Waals surface area contributed by atoms with Gasteiger partial charge in [-0.25, -0.2) is 0 Å². The maximum atomic E-state index is 10.5. The number of carbonyl (C=O) groups is 1. The van der Waals surface area contributed by atoms with E-state index in [1.807, 2.05) is 0 Å². The monoisotopic (exact) mass is 312 g/mol. The summed E-state index contributed by atoms with van der Waals surface area (Å²) >= 11 is 0. The molecular formula is C20H40O2. The quantitative estimate of drug-likeness (QED) is 0.317. The Balaban J connectivity index is 3.15. The van der Waals surface area contributed by atoms with Crippen LogP contribution in [0.3, 0.4) is 0 Å². The van der Waals surface area contributed by atoms with Crippen LogP contribution in [0.4, 0.5) is 0 Å². The minimum Gasteiger partial charge on any atom is -0.481 e. The third-order valence-corrected chi connectivity index (χ3v) is 4.94. The van der Waals surface area contributed by atoms with Crippen molar-refractivity contribution in [3.05, 3.63) is 0 Å². The lowest BCUT2D eigenvalue weighted by Gasteiger charge is -2.09. The van der Waals surface area contributed by atoms with Gasteiger partial charge in [0.15, 0.2) is 0 Å². The Labute approximate surface area is 139 Å². The van der Waals surface area contributed by atoms with Crippen molar-refractivity contribution in [1.82, 2.24) is 0 Å². The number of rotatable bonds is 16. The molecule has 0 saturated heterocycles. The van der Waals surface area contributed by atoms with Gasteiger partial charge in [0.05, 0.1) is 0 Å². The van der Waals surface area contributed by atoms with E-state index >= 15 is 0 Å². The number of carboxylic acid groups (broad SMARTS) is 1. The molecule has 22 heavy (non-hydrogen) atoms. The molecule has 0 aromatic rings. The molecule has 132 valence electrons. The third kappa shape index (κ3) is 15.9. The van der Waals surface area contributed by atoms with Gasteiger partial charge < -0.3 is 5.11 Å². The molecule has 2 atom stereocenters. The average molecular weight is 313 g/mol. The van der Waals surface area contributed by atoms with Gasteiger partial charge >= 0.3 is 5.97 Å². The fourth-order valence-electron chi connectivity index (χ4n) is 2.94. The van der Waals surface area contributed by atoms with Gasteiger partial charge in [0.1, 0.15) is 0 Å². The molecule has 0 bridgehead atoms. The Hall–Kier alpha value is -0.530. The van der Waals surface area contributed by atoms with Crippen molar-refractivity contribution in [2.24, 2.45) is 11.8 Å². The van der Waals surface area contributed by atoms with Crippen LogP contribution >= 0.6 is 0 Å². The van der Waals surface area contributed by atoms with Gasteiger partial charge in [-0.2, -0.15) is 0 Å². The third-order valence-electron chi connectivity index (χ3n) is 4.94. The fourth-order valence-corrected chi connectivity index (χ4v) is 2.94. The molecule has 2 unspecified atom stereocenters. The first-order chi connectivity index (χ1) is 10.6. The van der Waals surface area contributed by atoms with Crippen molar-refractivity contribution in [2.75, 3.05) is 0 Å². The second-order valence-electron chi connectivity index (χ2n) is 7.31. The van der Waals surface area contributed by atoms with E-state index < -0.39 is 5.97 Å². The maximum absolute atomic E-state index is 10.5. The zero-order valence-electron chi connectivity index (χ0n) is 15.4. The highest BCUT2D eigenvalue weighted by atomic mass is 16.4. The first-order valence-corrected chi connectivity index (χ1v) is 9.78. The van der Waals surface area contributed by atoms with Gasteiger partial charge in [-0.3, -0.25) is 4.79 Å². The summed E-state index contributed by atoms with van der Waals surface area (Å²) in [5, 5.41) is 8.65. The molecule has 0 aromatic carbocycles. The lowest BCUT2D eigenvalue weighted by Crippen LogP contribution is -2.01. The molecule has 0 heterocycles. The number of aliphatic carboxylic acids is 1. The Morgan fingerprint density at radius 1 is 0.727 bits per heavy atom. The van der Waals surface area contributed by atoms with Crippen LogP contribution < -0.4 is 0 Å². The van der Waals surface area contributed by atoms with E-state index in [0.29, 0.717) is 12.3 Å². The van der Waals surface area contributed by atoms with E-state index in [9.17, 15) is 4.79 Å². The van der Waals surface area contributed by atoms with Crippen LogP contribution in [0, 0.1) is 11.8 Å². The summed E-state index contributed by atoms with van der Waals surface area (Å²) in [7, 11) is 0. The second-order valence-corrected chi connectivity index (χ2v) is 7.31. The minimum absolute atomic E-state index is 0.332. The number of carboxylic acids is 1. The van der Waals surface area contributed by atoms with Gasteiger partial charge in [-0.05, 0) is 18.3 Å². The molecule has 0 spiro atoms. The summed E-state index contributed by atoms with van der Waals surface area (Å²) in [6.45, 7) is 6.84. The molecule has 0 saturated carbocycles. The predicted molar refractivity (Wildman–Crippen MR) is 96.3 cm³/mol. The van der Waals surface area contributed by atoms with Gasteiger partial charge in [0.25, 0.3) is 0 Å². The Morgan fingerprint density at radius 3 is 1.55 bits per heavy atom. The van der Waals surface area contributed by atoms with Crippen LogP contribution in [0.1, 0.15) is 111 Å². The summed E-state index contributed by atoms with van der Waals surface area (Å²) in [6, 6.07) is 0. The van der Waals surface area contributed by atoms with Crippen molar-refractivity contribution >= 4 is 5.97 Å². The molecule has 2 nitrogen and oxygen atoms in total. The molecule has 0 fully saturated rings. The molecule has 0 amide bonds. The topological polar surface area (TPSA) is 37.3 Å². The van der Waals surface area contributed by atoms with Gasteiger partial charge in [0, 0.05) is 6.42 Å². The maximum Gasteiger partial charge on any atom is 0.303 e. The summed E-state index contributed by atoms with van der Waals surface area (Å²) in [4.78, 5) is 10.5.